The Morgan fingerprint density at radius 1 is 1.15 bits per heavy atom. The standard InChI is InChI=1S/C20H30N4O3/c1-23(2)18-15-4-5-16(18)13-24(12-15)20(26)22-17-8-6-14(7-9-17)19(25)21-10-11-27-3/h6-9,15-16,18H,4-5,10-13H2,1-3H3,(H,21,25)(H,22,26)/t15-,16+,18?. The van der Waals surface area contributed by atoms with Crippen molar-refractivity contribution in [2.24, 2.45) is 11.8 Å². The van der Waals surface area contributed by atoms with Crippen LogP contribution in [0.25, 0.3) is 0 Å². The zero-order valence-electron chi connectivity index (χ0n) is 16.4. The second-order valence-electron chi connectivity index (χ2n) is 7.71. The lowest BCUT2D eigenvalue weighted by atomic mass is 9.91. The minimum absolute atomic E-state index is 0.0543. The molecule has 0 spiro atoms. The second-order valence-corrected chi connectivity index (χ2v) is 7.71. The first-order valence-corrected chi connectivity index (χ1v) is 9.59. The van der Waals surface area contributed by atoms with Crippen LogP contribution in [-0.2, 0) is 4.74 Å². The SMILES string of the molecule is COCCNC(=O)c1ccc(NC(=O)N2C[C@H]3CC[C@@H](C2)C3N(C)C)cc1. The van der Waals surface area contributed by atoms with Gasteiger partial charge in [-0.2, -0.15) is 0 Å². The summed E-state index contributed by atoms with van der Waals surface area (Å²) in [4.78, 5) is 28.9. The van der Waals surface area contributed by atoms with E-state index in [1.54, 1.807) is 31.4 Å². The summed E-state index contributed by atoms with van der Waals surface area (Å²) in [5, 5.41) is 5.74. The quantitative estimate of drug-likeness (QED) is 0.746. The molecule has 0 radical (unpaired) electrons. The number of hydrogen-bond donors (Lipinski definition) is 2. The lowest BCUT2D eigenvalue weighted by Gasteiger charge is -2.41. The van der Waals surface area contributed by atoms with Crippen molar-refractivity contribution in [3.63, 3.8) is 0 Å². The van der Waals surface area contributed by atoms with E-state index in [1.807, 2.05) is 4.90 Å². The molecule has 7 nitrogen and oxygen atoms in total. The Morgan fingerprint density at radius 3 is 2.33 bits per heavy atom. The minimum atomic E-state index is -0.146. The molecule has 148 valence electrons. The van der Waals surface area contributed by atoms with E-state index in [0.29, 0.717) is 42.3 Å². The number of likely N-dealkylation sites (tertiary alicyclic amines) is 1. The number of fused-ring (bicyclic) bond motifs is 2. The fraction of sp³-hybridized carbons (Fsp3) is 0.600. The molecule has 1 saturated heterocycles. The number of ether oxygens (including phenoxy) is 1. The van der Waals surface area contributed by atoms with Gasteiger partial charge in [0, 0.05) is 44.0 Å². The topological polar surface area (TPSA) is 73.9 Å². The summed E-state index contributed by atoms with van der Waals surface area (Å²) in [6, 6.07) is 7.51. The highest BCUT2D eigenvalue weighted by molar-refractivity contribution is 5.95. The number of nitrogens with one attached hydrogen (secondary N) is 2. The molecule has 1 heterocycles. The molecule has 7 heteroatoms. The number of rotatable bonds is 6. The van der Waals surface area contributed by atoms with Gasteiger partial charge in [-0.1, -0.05) is 0 Å². The molecular weight excluding hydrogens is 344 g/mol. The van der Waals surface area contributed by atoms with Crippen molar-refractivity contribution < 1.29 is 14.3 Å². The van der Waals surface area contributed by atoms with Gasteiger partial charge in [-0.15, -0.1) is 0 Å². The number of carbonyl (C=O) groups excluding carboxylic acids is 2. The maximum absolute atomic E-state index is 12.7. The molecule has 2 N–H and O–H groups in total. The summed E-state index contributed by atoms with van der Waals surface area (Å²) in [6.45, 7) is 2.57. The Labute approximate surface area is 161 Å². The molecule has 0 aromatic heterocycles. The van der Waals surface area contributed by atoms with Crippen LogP contribution in [0.5, 0.6) is 0 Å². The largest absolute Gasteiger partial charge is 0.383 e. The number of piperidine rings is 1. The van der Waals surface area contributed by atoms with Crippen molar-refractivity contribution >= 4 is 17.6 Å². The average Bonchev–Trinajstić information content (AvgIpc) is 2.92. The first-order chi connectivity index (χ1) is 13.0. The predicted octanol–water partition coefficient (Wildman–Crippen LogP) is 1.87. The Morgan fingerprint density at radius 2 is 1.78 bits per heavy atom. The van der Waals surface area contributed by atoms with E-state index in [9.17, 15) is 9.59 Å². The second kappa shape index (κ2) is 8.71. The van der Waals surface area contributed by atoms with Gasteiger partial charge < -0.3 is 25.2 Å². The monoisotopic (exact) mass is 374 g/mol. The lowest BCUT2D eigenvalue weighted by Crippen LogP contribution is -2.53. The van der Waals surface area contributed by atoms with E-state index in [-0.39, 0.29) is 11.9 Å². The van der Waals surface area contributed by atoms with Crippen molar-refractivity contribution in [1.29, 1.82) is 0 Å². The van der Waals surface area contributed by atoms with Crippen LogP contribution >= 0.6 is 0 Å². The van der Waals surface area contributed by atoms with Gasteiger partial charge >= 0.3 is 6.03 Å². The van der Waals surface area contributed by atoms with E-state index >= 15 is 0 Å². The summed E-state index contributed by atoms with van der Waals surface area (Å²) in [7, 11) is 5.87. The molecular formula is C20H30N4O3. The fourth-order valence-corrected chi connectivity index (χ4v) is 4.48. The maximum Gasteiger partial charge on any atom is 0.321 e. The van der Waals surface area contributed by atoms with E-state index in [2.05, 4.69) is 29.6 Å². The highest BCUT2D eigenvalue weighted by Crippen LogP contribution is 2.39. The number of anilines is 1. The third kappa shape index (κ3) is 4.59. The van der Waals surface area contributed by atoms with Crippen LogP contribution in [0, 0.1) is 11.8 Å². The molecule has 2 fully saturated rings. The van der Waals surface area contributed by atoms with Crippen molar-refractivity contribution in [3.05, 3.63) is 29.8 Å². The van der Waals surface area contributed by atoms with Gasteiger partial charge in [-0.25, -0.2) is 4.79 Å². The highest BCUT2D eigenvalue weighted by Gasteiger charge is 2.44. The summed E-state index contributed by atoms with van der Waals surface area (Å²) in [5.74, 6) is 0.970. The smallest absolute Gasteiger partial charge is 0.321 e. The molecule has 1 aromatic rings. The first kappa shape index (κ1) is 19.6. The van der Waals surface area contributed by atoms with Crippen molar-refractivity contribution in [2.45, 2.75) is 18.9 Å². The van der Waals surface area contributed by atoms with Gasteiger partial charge in [-0.05, 0) is 63.0 Å². The summed E-state index contributed by atoms with van der Waals surface area (Å²) >= 11 is 0. The van der Waals surface area contributed by atoms with Gasteiger partial charge in [0.1, 0.15) is 0 Å². The van der Waals surface area contributed by atoms with Crippen molar-refractivity contribution in [2.75, 3.05) is 52.8 Å². The van der Waals surface area contributed by atoms with Gasteiger partial charge in [0.15, 0.2) is 0 Å². The molecule has 3 atom stereocenters. The molecule has 1 unspecified atom stereocenters. The zero-order chi connectivity index (χ0) is 19.4. The van der Waals surface area contributed by atoms with E-state index in [0.717, 1.165) is 13.1 Å². The summed E-state index contributed by atoms with van der Waals surface area (Å²) in [6.07, 6.45) is 2.40. The molecule has 1 aromatic carbocycles. The Kier molecular flexibility index (Phi) is 6.34. The number of nitrogens with zero attached hydrogens (tertiary/aromatic N) is 2. The Balaban J connectivity index is 1.53. The number of hydrogen-bond acceptors (Lipinski definition) is 4. The van der Waals surface area contributed by atoms with Gasteiger partial charge in [-0.3, -0.25) is 4.79 Å². The minimum Gasteiger partial charge on any atom is -0.383 e. The third-order valence-electron chi connectivity index (χ3n) is 5.66. The number of carbonyl (C=O) groups is 2. The van der Waals surface area contributed by atoms with Crippen LogP contribution in [0.15, 0.2) is 24.3 Å². The molecule has 27 heavy (non-hydrogen) atoms. The van der Waals surface area contributed by atoms with E-state index in [4.69, 9.17) is 4.74 Å². The van der Waals surface area contributed by atoms with E-state index in [1.165, 1.54) is 12.8 Å². The van der Waals surface area contributed by atoms with Gasteiger partial charge in [0.05, 0.1) is 6.61 Å². The Hall–Kier alpha value is -2.12. The lowest BCUT2D eigenvalue weighted by molar-refractivity contribution is 0.0937. The van der Waals surface area contributed by atoms with E-state index < -0.39 is 0 Å². The number of benzene rings is 1. The fourth-order valence-electron chi connectivity index (χ4n) is 4.48. The molecule has 2 bridgehead atoms. The van der Waals surface area contributed by atoms with Crippen LogP contribution < -0.4 is 10.6 Å². The number of amides is 3. The predicted molar refractivity (Wildman–Crippen MR) is 105 cm³/mol. The Bertz CT molecular complexity index is 648. The number of urea groups is 1. The highest BCUT2D eigenvalue weighted by atomic mass is 16.5. The van der Waals surface area contributed by atoms with Crippen LogP contribution in [0.1, 0.15) is 23.2 Å². The molecule has 3 rings (SSSR count). The molecule has 1 aliphatic carbocycles. The van der Waals surface area contributed by atoms with Gasteiger partial charge in [0.25, 0.3) is 5.91 Å². The molecule has 3 amide bonds. The van der Waals surface area contributed by atoms with Crippen LogP contribution in [0.3, 0.4) is 0 Å². The average molecular weight is 374 g/mol. The summed E-state index contributed by atoms with van der Waals surface area (Å²) < 4.78 is 4.92. The third-order valence-corrected chi connectivity index (χ3v) is 5.66. The maximum atomic E-state index is 12.7. The van der Waals surface area contributed by atoms with Gasteiger partial charge in [0.2, 0.25) is 0 Å². The molecule has 1 saturated carbocycles. The van der Waals surface area contributed by atoms with Crippen LogP contribution in [-0.4, -0.2) is 75.2 Å². The first-order valence-electron chi connectivity index (χ1n) is 9.59. The molecule has 2 aliphatic rings. The normalized spacial score (nSPS) is 24.1. The number of methoxy groups -OCH3 is 1. The van der Waals surface area contributed by atoms with Crippen molar-refractivity contribution in [1.82, 2.24) is 15.1 Å². The molecule has 1 aliphatic heterocycles. The zero-order valence-corrected chi connectivity index (χ0v) is 16.4. The van der Waals surface area contributed by atoms with Crippen LogP contribution in [0.4, 0.5) is 10.5 Å². The van der Waals surface area contributed by atoms with Crippen molar-refractivity contribution in [3.8, 4) is 0 Å². The summed E-state index contributed by atoms with van der Waals surface area (Å²) in [5.41, 5.74) is 1.27. The van der Waals surface area contributed by atoms with Crippen LogP contribution in [0.2, 0.25) is 0 Å².